The molecule has 2 aromatic heterocycles. The van der Waals surface area contributed by atoms with Gasteiger partial charge >= 0.3 is 12.4 Å². The molecule has 0 spiro atoms. The standard InChI is InChI=1S/C36H38ClF3N8O3/c1-45(16-22-17-47(18-22)30(49)10-9-29-42-33(32(39)40)44-51-29)34-25-11-14-46(28-8-3-6-23-5-2-7-26(37)31(23)28)20-27(25)41-35(43-34)50-21-36-12-4-13-48(36)19-24(38)15-36/h2-3,5-10,22,24,32H,4,11-21H2,1H3/b10-9+/t24?,36-/m0/s1. The van der Waals surface area contributed by atoms with Crippen molar-refractivity contribution in [2.24, 2.45) is 5.92 Å². The van der Waals surface area contributed by atoms with Crippen LogP contribution in [0.5, 0.6) is 6.01 Å². The van der Waals surface area contributed by atoms with Crippen LogP contribution in [-0.4, -0.2) is 100 Å². The van der Waals surface area contributed by atoms with Crippen molar-refractivity contribution in [2.75, 3.05) is 62.7 Å². The van der Waals surface area contributed by atoms with Crippen molar-refractivity contribution in [3.8, 4) is 6.01 Å². The molecule has 4 aromatic rings. The number of carbonyl (C=O) groups is 1. The van der Waals surface area contributed by atoms with Crippen LogP contribution in [-0.2, 0) is 17.8 Å². The minimum Gasteiger partial charge on any atom is -0.461 e. The minimum absolute atomic E-state index is 0.151. The van der Waals surface area contributed by atoms with E-state index in [1.54, 1.807) is 4.90 Å². The summed E-state index contributed by atoms with van der Waals surface area (Å²) < 4.78 is 51.2. The molecule has 51 heavy (non-hydrogen) atoms. The van der Waals surface area contributed by atoms with Gasteiger partial charge in [0.15, 0.2) is 0 Å². The fourth-order valence-corrected chi connectivity index (χ4v) is 8.43. The van der Waals surface area contributed by atoms with Gasteiger partial charge in [-0.05, 0) is 43.3 Å². The van der Waals surface area contributed by atoms with Gasteiger partial charge < -0.3 is 24.0 Å². The van der Waals surface area contributed by atoms with Crippen LogP contribution in [0, 0.1) is 5.92 Å². The van der Waals surface area contributed by atoms with Crippen LogP contribution in [0.2, 0.25) is 5.02 Å². The lowest BCUT2D eigenvalue weighted by Crippen LogP contribution is -2.53. The van der Waals surface area contributed by atoms with Crippen molar-refractivity contribution in [2.45, 2.75) is 50.4 Å². The zero-order valence-corrected chi connectivity index (χ0v) is 28.9. The number of alkyl halides is 3. The minimum atomic E-state index is -2.85. The number of nitrogens with zero attached hydrogens (tertiary/aromatic N) is 8. The SMILES string of the molecule is CN(CC1CN(C(=O)/C=C/c2nc(C(F)F)no2)C1)c1nc(OC[C@@]23CCCN2CC(F)C3)nc2c1CCN(c1cccc3cccc(Cl)c13)C2. The largest absolute Gasteiger partial charge is 0.461 e. The third kappa shape index (κ3) is 6.59. The highest BCUT2D eigenvalue weighted by molar-refractivity contribution is 6.36. The van der Waals surface area contributed by atoms with Gasteiger partial charge in [-0.25, -0.2) is 13.2 Å². The molecular weight excluding hydrogens is 685 g/mol. The number of benzene rings is 2. The quantitative estimate of drug-likeness (QED) is 0.189. The maximum atomic E-state index is 14.5. The predicted octanol–water partition coefficient (Wildman–Crippen LogP) is 5.73. The molecule has 11 nitrogen and oxygen atoms in total. The Bertz CT molecular complexity index is 1970. The topological polar surface area (TPSA) is 104 Å². The molecular formula is C36H38ClF3N8O3. The normalized spacial score (nSPS) is 22.2. The number of aromatic nitrogens is 4. The van der Waals surface area contributed by atoms with Gasteiger partial charge in [-0.3, -0.25) is 9.69 Å². The first-order chi connectivity index (χ1) is 24.7. The number of ether oxygens (including phenoxy) is 1. The molecule has 0 aliphatic carbocycles. The van der Waals surface area contributed by atoms with Crippen LogP contribution < -0.4 is 14.5 Å². The van der Waals surface area contributed by atoms with E-state index >= 15 is 0 Å². The summed E-state index contributed by atoms with van der Waals surface area (Å²) in [5.41, 5.74) is 2.64. The van der Waals surface area contributed by atoms with Crippen LogP contribution >= 0.6 is 11.6 Å². The van der Waals surface area contributed by atoms with Crippen LogP contribution in [0.1, 0.15) is 48.7 Å². The zero-order valence-electron chi connectivity index (χ0n) is 28.2. The van der Waals surface area contributed by atoms with E-state index in [-0.39, 0.29) is 29.3 Å². The smallest absolute Gasteiger partial charge is 0.318 e. The lowest BCUT2D eigenvalue weighted by atomic mass is 9.95. The van der Waals surface area contributed by atoms with Crippen molar-refractivity contribution in [1.29, 1.82) is 0 Å². The summed E-state index contributed by atoms with van der Waals surface area (Å²) in [6.45, 7) is 4.62. The van der Waals surface area contributed by atoms with Gasteiger partial charge in [0.05, 0.1) is 22.8 Å². The second-order valence-electron chi connectivity index (χ2n) is 14.0. The number of likely N-dealkylation sites (tertiary alicyclic amines) is 1. The molecule has 4 aliphatic heterocycles. The molecule has 1 unspecified atom stereocenters. The van der Waals surface area contributed by atoms with Crippen LogP contribution in [0.25, 0.3) is 16.8 Å². The monoisotopic (exact) mass is 722 g/mol. The van der Waals surface area contributed by atoms with E-state index in [2.05, 4.69) is 43.0 Å². The molecule has 8 rings (SSSR count). The van der Waals surface area contributed by atoms with Crippen LogP contribution in [0.15, 0.2) is 47.0 Å². The van der Waals surface area contributed by atoms with Crippen molar-refractivity contribution in [1.82, 2.24) is 29.9 Å². The molecule has 0 bridgehead atoms. The number of hydrogen-bond acceptors (Lipinski definition) is 10. The average Bonchev–Trinajstić information content (AvgIpc) is 3.81. The first-order valence-electron chi connectivity index (χ1n) is 17.3. The highest BCUT2D eigenvalue weighted by Crippen LogP contribution is 2.41. The van der Waals surface area contributed by atoms with Crippen LogP contribution in [0.4, 0.5) is 24.7 Å². The third-order valence-electron chi connectivity index (χ3n) is 10.6. The Kier molecular flexibility index (Phi) is 8.99. The van der Waals surface area contributed by atoms with E-state index in [0.29, 0.717) is 57.2 Å². The van der Waals surface area contributed by atoms with Gasteiger partial charge in [-0.1, -0.05) is 41.0 Å². The number of anilines is 2. The predicted molar refractivity (Wildman–Crippen MR) is 186 cm³/mol. The summed E-state index contributed by atoms with van der Waals surface area (Å²) in [6.07, 6.45) is 1.86. The van der Waals surface area contributed by atoms with Crippen molar-refractivity contribution in [3.63, 3.8) is 0 Å². The van der Waals surface area contributed by atoms with Crippen LogP contribution in [0.3, 0.4) is 0 Å². The molecule has 0 N–H and O–H groups in total. The second kappa shape index (κ2) is 13.6. The highest BCUT2D eigenvalue weighted by Gasteiger charge is 2.49. The first kappa shape index (κ1) is 33.7. The first-order valence-corrected chi connectivity index (χ1v) is 17.7. The van der Waals surface area contributed by atoms with E-state index in [4.69, 9.17) is 30.8 Å². The van der Waals surface area contributed by atoms with Gasteiger partial charge in [-0.15, -0.1) is 0 Å². The lowest BCUT2D eigenvalue weighted by Gasteiger charge is -2.41. The number of carbonyl (C=O) groups excluding carboxylic acids is 1. The zero-order chi connectivity index (χ0) is 35.3. The van der Waals surface area contributed by atoms with Crippen molar-refractivity contribution in [3.05, 3.63) is 70.5 Å². The van der Waals surface area contributed by atoms with Crippen molar-refractivity contribution >= 4 is 45.9 Å². The summed E-state index contributed by atoms with van der Waals surface area (Å²) in [6, 6.07) is 12.4. The van der Waals surface area contributed by atoms with E-state index in [1.807, 2.05) is 25.2 Å². The van der Waals surface area contributed by atoms with E-state index in [0.717, 1.165) is 59.5 Å². The number of fused-ring (bicyclic) bond motifs is 3. The Morgan fingerprint density at radius 1 is 1.16 bits per heavy atom. The fourth-order valence-electron chi connectivity index (χ4n) is 8.15. The number of rotatable bonds is 10. The summed E-state index contributed by atoms with van der Waals surface area (Å²) in [7, 11) is 1.99. The van der Waals surface area contributed by atoms with Gasteiger partial charge in [0, 0.05) is 80.9 Å². The molecule has 0 saturated carbocycles. The summed E-state index contributed by atoms with van der Waals surface area (Å²) in [4.78, 5) is 34.5. The number of hydrogen-bond donors (Lipinski definition) is 0. The molecule has 3 saturated heterocycles. The van der Waals surface area contributed by atoms with E-state index in [1.165, 1.54) is 12.2 Å². The molecule has 3 fully saturated rings. The number of amides is 1. The molecule has 15 heteroatoms. The number of halogens is 4. The third-order valence-corrected chi connectivity index (χ3v) is 10.9. The van der Waals surface area contributed by atoms with E-state index in [9.17, 15) is 18.0 Å². The van der Waals surface area contributed by atoms with Gasteiger partial charge in [0.2, 0.25) is 11.7 Å². The Labute approximate surface area is 298 Å². The molecule has 2 atom stereocenters. The molecule has 1 amide bonds. The molecule has 2 aromatic carbocycles. The molecule has 268 valence electrons. The Morgan fingerprint density at radius 2 is 1.98 bits per heavy atom. The summed E-state index contributed by atoms with van der Waals surface area (Å²) in [5, 5.41) is 5.97. The maximum absolute atomic E-state index is 14.5. The second-order valence-corrected chi connectivity index (χ2v) is 14.4. The Balaban J connectivity index is 1.00. The van der Waals surface area contributed by atoms with Gasteiger partial charge in [-0.2, -0.15) is 15.0 Å². The maximum Gasteiger partial charge on any atom is 0.318 e. The van der Waals surface area contributed by atoms with Crippen molar-refractivity contribution < 1.29 is 27.2 Å². The molecule has 6 heterocycles. The van der Waals surface area contributed by atoms with E-state index < -0.39 is 18.4 Å². The summed E-state index contributed by atoms with van der Waals surface area (Å²) >= 11 is 6.71. The molecule has 4 aliphatic rings. The Morgan fingerprint density at radius 3 is 2.78 bits per heavy atom. The summed E-state index contributed by atoms with van der Waals surface area (Å²) in [5.74, 6) is -0.163. The van der Waals surface area contributed by atoms with Gasteiger partial charge in [0.25, 0.3) is 5.89 Å². The fraction of sp³-hybridized carbons (Fsp3) is 0.472. The average molecular weight is 723 g/mol. The lowest BCUT2D eigenvalue weighted by molar-refractivity contribution is -0.131. The highest BCUT2D eigenvalue weighted by atomic mass is 35.5. The Hall–Kier alpha value is -4.43. The van der Waals surface area contributed by atoms with Gasteiger partial charge in [0.1, 0.15) is 18.6 Å². The molecule has 0 radical (unpaired) electrons.